The largest absolute Gasteiger partial charge is 0.493 e. The van der Waals surface area contributed by atoms with Crippen molar-refractivity contribution in [2.45, 2.75) is 0 Å². The number of rotatable bonds is 5. The van der Waals surface area contributed by atoms with E-state index in [0.717, 1.165) is 11.2 Å². The summed E-state index contributed by atoms with van der Waals surface area (Å²) in [5.74, 6) is 4.29. The highest BCUT2D eigenvalue weighted by atomic mass is 16.5. The minimum Gasteiger partial charge on any atom is -0.493 e. The summed E-state index contributed by atoms with van der Waals surface area (Å²) >= 11 is 0. The average Bonchev–Trinajstić information content (AvgIpc) is 2.87. The number of nitrogens with zero attached hydrogens (tertiary/aromatic N) is 5. The van der Waals surface area contributed by atoms with E-state index in [2.05, 4.69) is 32.2 Å². The van der Waals surface area contributed by atoms with Gasteiger partial charge in [-0.1, -0.05) is 5.92 Å². The van der Waals surface area contributed by atoms with Crippen molar-refractivity contribution in [2.75, 3.05) is 50.1 Å². The van der Waals surface area contributed by atoms with E-state index in [-0.39, 0.29) is 12.6 Å². The van der Waals surface area contributed by atoms with E-state index in [1.165, 1.54) is 6.33 Å². The van der Waals surface area contributed by atoms with Crippen LogP contribution in [0.5, 0.6) is 11.5 Å². The maximum Gasteiger partial charge on any atom is 0.321 e. The van der Waals surface area contributed by atoms with Crippen molar-refractivity contribution in [1.82, 2.24) is 14.9 Å². The molecule has 0 radical (unpaired) electrons. The maximum atomic E-state index is 12.6. The van der Waals surface area contributed by atoms with Crippen LogP contribution < -0.4 is 19.7 Å². The number of urea groups is 1. The molecular formula is C24H22N6O3. The monoisotopic (exact) mass is 442 g/mol. The number of nitriles is 1. The fourth-order valence-corrected chi connectivity index (χ4v) is 3.65. The van der Waals surface area contributed by atoms with Crippen molar-refractivity contribution in [3.05, 3.63) is 48.3 Å². The Balaban J connectivity index is 1.46. The van der Waals surface area contributed by atoms with Gasteiger partial charge < -0.3 is 24.6 Å². The van der Waals surface area contributed by atoms with Crippen molar-refractivity contribution in [3.8, 4) is 29.9 Å². The third kappa shape index (κ3) is 4.73. The highest BCUT2D eigenvalue weighted by Gasteiger charge is 2.24. The summed E-state index contributed by atoms with van der Waals surface area (Å²) in [6, 6.07) is 12.3. The zero-order valence-electron chi connectivity index (χ0n) is 18.1. The van der Waals surface area contributed by atoms with Gasteiger partial charge in [-0.05, 0) is 30.3 Å². The molecule has 2 heterocycles. The molecule has 1 N–H and O–H groups in total. The molecule has 9 nitrogen and oxygen atoms in total. The summed E-state index contributed by atoms with van der Waals surface area (Å²) in [6.45, 7) is 2.43. The van der Waals surface area contributed by atoms with E-state index in [0.29, 0.717) is 54.4 Å². The van der Waals surface area contributed by atoms with E-state index in [1.54, 1.807) is 42.3 Å². The summed E-state index contributed by atoms with van der Waals surface area (Å²) in [7, 11) is 1.57. The Labute approximate surface area is 191 Å². The number of hydrogen-bond acceptors (Lipinski definition) is 7. The van der Waals surface area contributed by atoms with Crippen LogP contribution in [0.2, 0.25) is 0 Å². The number of hydrogen-bond donors (Lipinski definition) is 1. The minimum absolute atomic E-state index is 0.131. The number of benzene rings is 2. The van der Waals surface area contributed by atoms with Crippen LogP contribution in [0.25, 0.3) is 10.9 Å². The summed E-state index contributed by atoms with van der Waals surface area (Å²) in [4.78, 5) is 25.4. The number of amides is 2. The number of terminal acetylenes is 1. The number of piperazine rings is 1. The first kappa shape index (κ1) is 21.7. The molecule has 4 rings (SSSR count). The summed E-state index contributed by atoms with van der Waals surface area (Å²) in [5.41, 5.74) is 1.91. The topological polar surface area (TPSA) is 104 Å². The van der Waals surface area contributed by atoms with Gasteiger partial charge in [0.1, 0.15) is 18.8 Å². The van der Waals surface area contributed by atoms with Crippen LogP contribution in [0.3, 0.4) is 0 Å². The highest BCUT2D eigenvalue weighted by Crippen LogP contribution is 2.35. The molecule has 1 fully saturated rings. The fourth-order valence-electron chi connectivity index (χ4n) is 3.65. The van der Waals surface area contributed by atoms with Crippen LogP contribution in [-0.4, -0.2) is 60.8 Å². The van der Waals surface area contributed by atoms with Gasteiger partial charge in [-0.15, -0.1) is 6.42 Å². The molecule has 0 aliphatic carbocycles. The van der Waals surface area contributed by atoms with E-state index in [4.69, 9.17) is 21.2 Å². The number of nitrogens with one attached hydrogen (secondary N) is 1. The van der Waals surface area contributed by atoms with E-state index in [9.17, 15) is 4.79 Å². The predicted octanol–water partition coefficient (Wildman–Crippen LogP) is 2.88. The van der Waals surface area contributed by atoms with Crippen molar-refractivity contribution in [2.24, 2.45) is 0 Å². The molecule has 2 aromatic carbocycles. The molecule has 1 saturated heterocycles. The molecule has 33 heavy (non-hydrogen) atoms. The third-order valence-corrected chi connectivity index (χ3v) is 5.34. The molecule has 0 bridgehead atoms. The maximum absolute atomic E-state index is 12.6. The quantitative estimate of drug-likeness (QED) is 0.606. The Morgan fingerprint density at radius 3 is 2.58 bits per heavy atom. The smallest absolute Gasteiger partial charge is 0.321 e. The Kier molecular flexibility index (Phi) is 6.42. The van der Waals surface area contributed by atoms with Crippen LogP contribution in [0, 0.1) is 23.7 Å². The predicted molar refractivity (Wildman–Crippen MR) is 124 cm³/mol. The van der Waals surface area contributed by atoms with E-state index in [1.807, 2.05) is 6.07 Å². The van der Waals surface area contributed by atoms with E-state index >= 15 is 0 Å². The Hall–Kier alpha value is -4.50. The van der Waals surface area contributed by atoms with Crippen LogP contribution >= 0.6 is 0 Å². The molecule has 166 valence electrons. The van der Waals surface area contributed by atoms with Crippen LogP contribution in [0.1, 0.15) is 5.56 Å². The van der Waals surface area contributed by atoms with Gasteiger partial charge in [-0.2, -0.15) is 5.26 Å². The Bertz CT molecular complexity index is 1240. The molecule has 0 saturated carbocycles. The molecule has 2 amide bonds. The molecule has 0 spiro atoms. The fraction of sp³-hybridized carbons (Fsp3) is 0.250. The van der Waals surface area contributed by atoms with Gasteiger partial charge in [0.15, 0.2) is 11.5 Å². The summed E-state index contributed by atoms with van der Waals surface area (Å²) in [6.07, 6.45) is 6.81. The molecular weight excluding hydrogens is 420 g/mol. The molecule has 1 aliphatic heterocycles. The first-order chi connectivity index (χ1) is 16.1. The van der Waals surface area contributed by atoms with Gasteiger partial charge in [0.05, 0.1) is 24.3 Å². The van der Waals surface area contributed by atoms with Crippen LogP contribution in [-0.2, 0) is 0 Å². The Morgan fingerprint density at radius 1 is 1.15 bits per heavy atom. The van der Waals surface area contributed by atoms with Crippen molar-refractivity contribution >= 4 is 28.4 Å². The molecule has 3 aromatic rings. The Morgan fingerprint density at radius 2 is 1.91 bits per heavy atom. The van der Waals surface area contributed by atoms with Gasteiger partial charge in [0.2, 0.25) is 0 Å². The number of methoxy groups -OCH3 is 1. The van der Waals surface area contributed by atoms with Gasteiger partial charge >= 0.3 is 6.03 Å². The lowest BCUT2D eigenvalue weighted by molar-refractivity contribution is 0.208. The number of ether oxygens (including phenoxy) is 2. The summed E-state index contributed by atoms with van der Waals surface area (Å²) in [5, 5.41) is 12.6. The average molecular weight is 442 g/mol. The van der Waals surface area contributed by atoms with Crippen molar-refractivity contribution < 1.29 is 14.3 Å². The van der Waals surface area contributed by atoms with Crippen molar-refractivity contribution in [1.29, 1.82) is 5.26 Å². The molecule has 1 aromatic heterocycles. The molecule has 9 heteroatoms. The number of fused-ring (bicyclic) bond motifs is 1. The highest BCUT2D eigenvalue weighted by molar-refractivity contribution is 5.92. The van der Waals surface area contributed by atoms with Crippen LogP contribution in [0.15, 0.2) is 42.7 Å². The normalized spacial score (nSPS) is 13.2. The molecule has 0 atom stereocenters. The second-order valence-corrected chi connectivity index (χ2v) is 7.30. The third-order valence-electron chi connectivity index (χ3n) is 5.34. The zero-order valence-corrected chi connectivity index (χ0v) is 18.1. The molecule has 1 aliphatic rings. The van der Waals surface area contributed by atoms with Gasteiger partial charge in [0.25, 0.3) is 0 Å². The first-order valence-electron chi connectivity index (χ1n) is 10.3. The SMILES string of the molecule is C#CCOc1cc2ncnc(N3CCN(C(=O)Nc4ccc(C#N)cc4)CC3)c2cc1OC. The number of anilines is 2. The lowest BCUT2D eigenvalue weighted by Crippen LogP contribution is -2.50. The second-order valence-electron chi connectivity index (χ2n) is 7.30. The van der Waals surface area contributed by atoms with Gasteiger partial charge in [0, 0.05) is 43.3 Å². The second kappa shape index (κ2) is 9.75. The lowest BCUT2D eigenvalue weighted by atomic mass is 10.2. The van der Waals surface area contributed by atoms with E-state index < -0.39 is 0 Å². The lowest BCUT2D eigenvalue weighted by Gasteiger charge is -2.35. The van der Waals surface area contributed by atoms with Gasteiger partial charge in [-0.3, -0.25) is 0 Å². The number of carbonyl (C=O) groups is 1. The van der Waals surface area contributed by atoms with Crippen LogP contribution in [0.4, 0.5) is 16.3 Å². The number of aromatic nitrogens is 2. The standard InChI is InChI=1S/C24H22N6O3/c1-3-12-33-22-14-20-19(13-21(22)32-2)23(27-16-26-20)29-8-10-30(11-9-29)24(31)28-18-6-4-17(15-25)5-7-18/h1,4-7,13-14,16H,8-12H2,2H3,(H,28,31). The molecule has 0 unspecified atom stereocenters. The van der Waals surface area contributed by atoms with Gasteiger partial charge in [-0.25, -0.2) is 14.8 Å². The first-order valence-corrected chi connectivity index (χ1v) is 10.3. The zero-order chi connectivity index (χ0) is 23.2. The minimum atomic E-state index is -0.177. The number of carbonyl (C=O) groups excluding carboxylic acids is 1. The van der Waals surface area contributed by atoms with Crippen molar-refractivity contribution in [3.63, 3.8) is 0 Å². The summed E-state index contributed by atoms with van der Waals surface area (Å²) < 4.78 is 11.0.